The first kappa shape index (κ1) is 15.8. The number of carboxylic acid groups (broad SMARTS) is 1. The highest BCUT2D eigenvalue weighted by Gasteiger charge is 2.55. The average molecular weight is 318 g/mol. The van der Waals surface area contributed by atoms with Gasteiger partial charge < -0.3 is 19.6 Å². The summed E-state index contributed by atoms with van der Waals surface area (Å²) in [6.07, 6.45) is 0.151. The van der Waals surface area contributed by atoms with Crippen LogP contribution < -0.4 is 0 Å². The molecule has 0 radical (unpaired) electrons. The summed E-state index contributed by atoms with van der Waals surface area (Å²) in [5.41, 5.74) is 0.100. The molecule has 2 fully saturated rings. The lowest BCUT2D eigenvalue weighted by Gasteiger charge is -2.38. The van der Waals surface area contributed by atoms with Crippen molar-refractivity contribution in [2.75, 3.05) is 33.2 Å². The van der Waals surface area contributed by atoms with Gasteiger partial charge in [0, 0.05) is 25.6 Å². The first-order valence-electron chi connectivity index (χ1n) is 7.89. The van der Waals surface area contributed by atoms with Gasteiger partial charge in [-0.25, -0.2) is 4.79 Å². The van der Waals surface area contributed by atoms with Gasteiger partial charge >= 0.3 is 12.1 Å². The monoisotopic (exact) mass is 318 g/mol. The number of carbonyl (C=O) groups is 2. The summed E-state index contributed by atoms with van der Waals surface area (Å²) in [5.74, 6) is -0.836. The summed E-state index contributed by atoms with van der Waals surface area (Å²) < 4.78 is 5.35. The van der Waals surface area contributed by atoms with Crippen molar-refractivity contribution in [3.8, 4) is 0 Å². The molecule has 0 aromatic heterocycles. The number of benzene rings is 1. The minimum Gasteiger partial charge on any atom is -0.481 e. The van der Waals surface area contributed by atoms with E-state index in [4.69, 9.17) is 4.74 Å². The maximum atomic E-state index is 12.3. The van der Waals surface area contributed by atoms with E-state index in [1.165, 1.54) is 0 Å². The minimum atomic E-state index is -0.821. The Labute approximate surface area is 135 Å². The number of carbonyl (C=O) groups excluding carboxylic acids is 1. The van der Waals surface area contributed by atoms with Crippen molar-refractivity contribution in [2.45, 2.75) is 13.0 Å². The molecule has 6 nitrogen and oxygen atoms in total. The summed E-state index contributed by atoms with van der Waals surface area (Å²) in [6, 6.07) is 9.48. The Hall–Kier alpha value is -2.08. The lowest BCUT2D eigenvalue weighted by atomic mass is 9.73. The zero-order valence-corrected chi connectivity index (χ0v) is 13.3. The topological polar surface area (TPSA) is 70.1 Å². The molecular weight excluding hydrogens is 296 g/mol. The summed E-state index contributed by atoms with van der Waals surface area (Å²) in [5, 5.41) is 9.70. The Morgan fingerprint density at radius 1 is 1.30 bits per heavy atom. The maximum Gasteiger partial charge on any atom is 0.410 e. The molecule has 124 valence electrons. The predicted octanol–water partition coefficient (Wildman–Crippen LogP) is 1.66. The molecule has 2 aliphatic heterocycles. The lowest BCUT2D eigenvalue weighted by molar-refractivity contribution is -0.153. The Morgan fingerprint density at radius 3 is 2.74 bits per heavy atom. The third-order valence-electron chi connectivity index (χ3n) is 5.06. The molecule has 2 aliphatic rings. The molecule has 23 heavy (non-hydrogen) atoms. The van der Waals surface area contributed by atoms with E-state index in [-0.39, 0.29) is 19.1 Å². The molecule has 0 saturated carbocycles. The van der Waals surface area contributed by atoms with E-state index in [9.17, 15) is 14.7 Å². The van der Waals surface area contributed by atoms with Crippen LogP contribution in [0, 0.1) is 11.3 Å². The first-order valence-corrected chi connectivity index (χ1v) is 7.89. The number of aliphatic carboxylic acids is 1. The number of hydrogen-bond donors (Lipinski definition) is 1. The fourth-order valence-corrected chi connectivity index (χ4v) is 3.65. The fourth-order valence-electron chi connectivity index (χ4n) is 3.65. The van der Waals surface area contributed by atoms with Crippen molar-refractivity contribution < 1.29 is 19.4 Å². The Morgan fingerprint density at radius 2 is 2.04 bits per heavy atom. The number of fused-ring (bicyclic) bond motifs is 1. The van der Waals surface area contributed by atoms with E-state index >= 15 is 0 Å². The van der Waals surface area contributed by atoms with Gasteiger partial charge in [0.15, 0.2) is 0 Å². The normalized spacial score (nSPS) is 27.5. The van der Waals surface area contributed by atoms with Crippen molar-refractivity contribution >= 4 is 12.1 Å². The SMILES string of the molecule is CN1CC[C@]2(C(=O)O)CN(C(=O)OCc3ccccc3)C[C@@H]2C1. The van der Waals surface area contributed by atoms with Gasteiger partial charge in [0.1, 0.15) is 6.61 Å². The van der Waals surface area contributed by atoms with Crippen LogP contribution in [0.1, 0.15) is 12.0 Å². The van der Waals surface area contributed by atoms with Gasteiger partial charge in [-0.2, -0.15) is 0 Å². The molecule has 0 unspecified atom stereocenters. The Balaban J connectivity index is 1.65. The molecule has 0 bridgehead atoms. The van der Waals surface area contributed by atoms with E-state index < -0.39 is 17.5 Å². The van der Waals surface area contributed by atoms with Crippen molar-refractivity contribution in [1.29, 1.82) is 0 Å². The van der Waals surface area contributed by atoms with Crippen LogP contribution in [0.5, 0.6) is 0 Å². The number of nitrogens with zero attached hydrogens (tertiary/aromatic N) is 2. The summed E-state index contributed by atoms with van der Waals surface area (Å²) >= 11 is 0. The van der Waals surface area contributed by atoms with Gasteiger partial charge in [-0.1, -0.05) is 30.3 Å². The van der Waals surface area contributed by atoms with Crippen LogP contribution >= 0.6 is 0 Å². The number of rotatable bonds is 3. The second-order valence-corrected chi connectivity index (χ2v) is 6.59. The molecule has 6 heteroatoms. The number of carboxylic acids is 1. The smallest absolute Gasteiger partial charge is 0.410 e. The third-order valence-corrected chi connectivity index (χ3v) is 5.06. The third kappa shape index (κ3) is 3.03. The van der Waals surface area contributed by atoms with Crippen molar-refractivity contribution in [3.63, 3.8) is 0 Å². The zero-order valence-electron chi connectivity index (χ0n) is 13.3. The van der Waals surface area contributed by atoms with Crippen molar-refractivity contribution in [1.82, 2.24) is 9.80 Å². The maximum absolute atomic E-state index is 12.3. The van der Waals surface area contributed by atoms with Crippen LogP contribution in [0.4, 0.5) is 4.79 Å². The van der Waals surface area contributed by atoms with Crippen LogP contribution in [0.2, 0.25) is 0 Å². The summed E-state index contributed by atoms with van der Waals surface area (Å²) in [7, 11) is 1.99. The van der Waals surface area contributed by atoms with Gasteiger partial charge in [-0.15, -0.1) is 0 Å². The molecule has 3 rings (SSSR count). The van der Waals surface area contributed by atoms with Crippen molar-refractivity contribution in [2.24, 2.45) is 11.3 Å². The van der Waals surface area contributed by atoms with Crippen LogP contribution in [-0.2, 0) is 16.1 Å². The van der Waals surface area contributed by atoms with Crippen LogP contribution in [0.25, 0.3) is 0 Å². The molecule has 1 amide bonds. The molecule has 2 heterocycles. The molecule has 0 spiro atoms. The van der Waals surface area contributed by atoms with Gasteiger partial charge in [0.05, 0.1) is 5.41 Å². The average Bonchev–Trinajstić information content (AvgIpc) is 2.94. The quantitative estimate of drug-likeness (QED) is 0.918. The van der Waals surface area contributed by atoms with E-state index in [2.05, 4.69) is 4.90 Å². The first-order chi connectivity index (χ1) is 11.0. The highest BCUT2D eigenvalue weighted by molar-refractivity contribution is 5.78. The largest absolute Gasteiger partial charge is 0.481 e. The van der Waals surface area contributed by atoms with Gasteiger partial charge in [0.2, 0.25) is 0 Å². The van der Waals surface area contributed by atoms with Gasteiger partial charge in [-0.3, -0.25) is 4.79 Å². The highest BCUT2D eigenvalue weighted by atomic mass is 16.6. The Bertz CT molecular complexity index is 592. The molecule has 1 N–H and O–H groups in total. The predicted molar refractivity (Wildman–Crippen MR) is 83.9 cm³/mol. The number of piperidine rings is 1. The highest BCUT2D eigenvalue weighted by Crippen LogP contribution is 2.43. The van der Waals surface area contributed by atoms with Gasteiger partial charge in [-0.05, 0) is 25.6 Å². The molecule has 0 aliphatic carbocycles. The second kappa shape index (κ2) is 6.20. The van der Waals surface area contributed by atoms with E-state index in [0.717, 1.165) is 12.1 Å². The summed E-state index contributed by atoms with van der Waals surface area (Å²) in [4.78, 5) is 27.8. The number of hydrogen-bond acceptors (Lipinski definition) is 4. The zero-order chi connectivity index (χ0) is 16.4. The van der Waals surface area contributed by atoms with Crippen LogP contribution in [-0.4, -0.2) is 60.2 Å². The lowest BCUT2D eigenvalue weighted by Crippen LogP contribution is -2.49. The molecule has 2 saturated heterocycles. The molecule has 1 aromatic carbocycles. The minimum absolute atomic E-state index is 0.0389. The molecule has 1 aromatic rings. The number of ether oxygens (including phenoxy) is 1. The van der Waals surface area contributed by atoms with E-state index in [1.54, 1.807) is 4.90 Å². The second-order valence-electron chi connectivity index (χ2n) is 6.59. The fraction of sp³-hybridized carbons (Fsp3) is 0.529. The number of amides is 1. The summed E-state index contributed by atoms with van der Waals surface area (Å²) in [6.45, 7) is 2.35. The van der Waals surface area contributed by atoms with E-state index in [1.807, 2.05) is 37.4 Å². The van der Waals surface area contributed by atoms with Crippen LogP contribution in [0.15, 0.2) is 30.3 Å². The van der Waals surface area contributed by atoms with Gasteiger partial charge in [0.25, 0.3) is 0 Å². The standard InChI is InChI=1S/C17H22N2O4/c1-18-8-7-17(15(20)21)12-19(10-14(17)9-18)16(22)23-11-13-5-3-2-4-6-13/h2-6,14H,7-12H2,1H3,(H,20,21)/t14-,17-/m0/s1. The Kier molecular flexibility index (Phi) is 4.26. The molecular formula is C17H22N2O4. The van der Waals surface area contributed by atoms with Crippen molar-refractivity contribution in [3.05, 3.63) is 35.9 Å². The molecule has 2 atom stereocenters. The van der Waals surface area contributed by atoms with Crippen LogP contribution in [0.3, 0.4) is 0 Å². The number of likely N-dealkylation sites (tertiary alicyclic amines) is 2. The van der Waals surface area contributed by atoms with E-state index in [0.29, 0.717) is 19.5 Å².